The van der Waals surface area contributed by atoms with Gasteiger partial charge in [-0.1, -0.05) is 24.3 Å². The summed E-state index contributed by atoms with van der Waals surface area (Å²) in [6, 6.07) is 15.3. The van der Waals surface area contributed by atoms with E-state index in [0.29, 0.717) is 13.2 Å². The van der Waals surface area contributed by atoms with Crippen LogP contribution in [0.4, 0.5) is 0 Å². The highest BCUT2D eigenvalue weighted by Crippen LogP contribution is 2.37. The molecule has 4 rings (SSSR count). The second kappa shape index (κ2) is 7.56. The van der Waals surface area contributed by atoms with Crippen molar-refractivity contribution in [3.63, 3.8) is 0 Å². The molecule has 1 aromatic carbocycles. The number of rotatable bonds is 4. The zero-order valence-corrected chi connectivity index (χ0v) is 14.8. The molecule has 5 heteroatoms. The van der Waals surface area contributed by atoms with Crippen LogP contribution in [0.5, 0.6) is 0 Å². The number of ether oxygens (including phenoxy) is 2. The van der Waals surface area contributed by atoms with Crippen molar-refractivity contribution >= 4 is 5.91 Å². The Morgan fingerprint density at radius 2 is 1.92 bits per heavy atom. The molecule has 1 atom stereocenters. The van der Waals surface area contributed by atoms with Gasteiger partial charge in [-0.05, 0) is 37.1 Å². The molecular formula is C21H24N2O3. The summed E-state index contributed by atoms with van der Waals surface area (Å²) in [5, 5.41) is 0. The van der Waals surface area contributed by atoms with E-state index in [1.54, 1.807) is 6.20 Å². The predicted octanol–water partition coefficient (Wildman–Crippen LogP) is 3.06. The van der Waals surface area contributed by atoms with E-state index < -0.39 is 0 Å². The van der Waals surface area contributed by atoms with Gasteiger partial charge in [-0.3, -0.25) is 9.78 Å². The number of hydrogen-bond donors (Lipinski definition) is 0. The molecule has 1 aromatic heterocycles. The van der Waals surface area contributed by atoms with Crippen LogP contribution in [-0.2, 0) is 16.1 Å². The van der Waals surface area contributed by atoms with Crippen LogP contribution in [0.15, 0.2) is 54.7 Å². The highest BCUT2D eigenvalue weighted by atomic mass is 16.6. The number of hydrogen-bond acceptors (Lipinski definition) is 4. The number of amides is 1. The third kappa shape index (κ3) is 3.79. The molecule has 26 heavy (non-hydrogen) atoms. The summed E-state index contributed by atoms with van der Waals surface area (Å²) in [6.45, 7) is 2.62. The average molecular weight is 352 g/mol. The minimum Gasteiger partial charge on any atom is -0.372 e. The van der Waals surface area contributed by atoms with Gasteiger partial charge in [0.15, 0.2) is 0 Å². The number of benzene rings is 1. The van der Waals surface area contributed by atoms with Crippen LogP contribution in [0.25, 0.3) is 0 Å². The first-order valence-corrected chi connectivity index (χ1v) is 9.24. The van der Waals surface area contributed by atoms with E-state index in [0.717, 1.165) is 43.6 Å². The molecule has 0 bridgehead atoms. The number of piperidine rings is 1. The Bertz CT molecular complexity index is 727. The van der Waals surface area contributed by atoms with Gasteiger partial charge in [-0.2, -0.15) is 0 Å². The normalized spacial score (nSPS) is 21.8. The van der Waals surface area contributed by atoms with E-state index in [1.165, 1.54) is 0 Å². The van der Waals surface area contributed by atoms with E-state index in [4.69, 9.17) is 9.47 Å². The second-order valence-corrected chi connectivity index (χ2v) is 7.11. The number of carbonyl (C=O) groups excluding carboxylic acids is 1. The SMILES string of the molecule is O=C(c1ccccc1)N1CCC2(CC1)CC(OCc1ccccn1)CO2. The quantitative estimate of drug-likeness (QED) is 0.849. The Hall–Kier alpha value is -2.24. The molecule has 1 spiro atoms. The van der Waals surface area contributed by atoms with Gasteiger partial charge in [-0.25, -0.2) is 0 Å². The van der Waals surface area contributed by atoms with Gasteiger partial charge < -0.3 is 14.4 Å². The van der Waals surface area contributed by atoms with Gasteiger partial charge in [0, 0.05) is 31.3 Å². The van der Waals surface area contributed by atoms with Crippen molar-refractivity contribution in [2.24, 2.45) is 0 Å². The first kappa shape index (κ1) is 17.2. The van der Waals surface area contributed by atoms with Gasteiger partial charge in [0.05, 0.1) is 30.6 Å². The molecule has 2 aliphatic rings. The molecule has 2 aromatic rings. The lowest BCUT2D eigenvalue weighted by molar-refractivity contribution is -0.0412. The first-order chi connectivity index (χ1) is 12.7. The van der Waals surface area contributed by atoms with Crippen molar-refractivity contribution in [3.05, 3.63) is 66.0 Å². The third-order valence-corrected chi connectivity index (χ3v) is 5.35. The summed E-state index contributed by atoms with van der Waals surface area (Å²) < 4.78 is 12.1. The minimum atomic E-state index is -0.137. The summed E-state index contributed by atoms with van der Waals surface area (Å²) in [4.78, 5) is 18.8. The lowest BCUT2D eigenvalue weighted by Crippen LogP contribution is -2.46. The van der Waals surface area contributed by atoms with Crippen LogP contribution < -0.4 is 0 Å². The number of aromatic nitrogens is 1. The predicted molar refractivity (Wildman–Crippen MR) is 97.7 cm³/mol. The maximum absolute atomic E-state index is 12.6. The molecule has 136 valence electrons. The fraction of sp³-hybridized carbons (Fsp3) is 0.429. The van der Waals surface area contributed by atoms with Crippen LogP contribution in [0.2, 0.25) is 0 Å². The number of pyridine rings is 1. The summed E-state index contributed by atoms with van der Waals surface area (Å²) >= 11 is 0. The van der Waals surface area contributed by atoms with Crippen molar-refractivity contribution in [1.29, 1.82) is 0 Å². The van der Waals surface area contributed by atoms with Crippen LogP contribution in [0.1, 0.15) is 35.3 Å². The Morgan fingerprint density at radius 3 is 2.65 bits per heavy atom. The summed E-state index contributed by atoms with van der Waals surface area (Å²) in [5.41, 5.74) is 1.56. The van der Waals surface area contributed by atoms with Gasteiger partial charge in [0.1, 0.15) is 0 Å². The summed E-state index contributed by atoms with van der Waals surface area (Å²) in [7, 11) is 0. The van der Waals surface area contributed by atoms with Gasteiger partial charge in [0.25, 0.3) is 5.91 Å². The van der Waals surface area contributed by atoms with Crippen LogP contribution >= 0.6 is 0 Å². The fourth-order valence-corrected chi connectivity index (χ4v) is 3.83. The molecule has 2 saturated heterocycles. The summed E-state index contributed by atoms with van der Waals surface area (Å²) in [6.07, 6.45) is 4.52. The molecule has 0 saturated carbocycles. The number of nitrogens with zero attached hydrogens (tertiary/aromatic N) is 2. The molecule has 3 heterocycles. The van der Waals surface area contributed by atoms with Crippen molar-refractivity contribution in [1.82, 2.24) is 9.88 Å². The Morgan fingerprint density at radius 1 is 1.15 bits per heavy atom. The van der Waals surface area contributed by atoms with Crippen LogP contribution in [0, 0.1) is 0 Å². The van der Waals surface area contributed by atoms with Gasteiger partial charge in [-0.15, -0.1) is 0 Å². The van der Waals surface area contributed by atoms with Crippen molar-refractivity contribution in [2.45, 2.75) is 37.6 Å². The van der Waals surface area contributed by atoms with Crippen molar-refractivity contribution in [2.75, 3.05) is 19.7 Å². The molecule has 0 aliphatic carbocycles. The lowest BCUT2D eigenvalue weighted by Gasteiger charge is -2.38. The Kier molecular flexibility index (Phi) is 5.00. The fourth-order valence-electron chi connectivity index (χ4n) is 3.83. The largest absolute Gasteiger partial charge is 0.372 e. The van der Waals surface area contributed by atoms with Crippen LogP contribution in [-0.4, -0.2) is 47.2 Å². The highest BCUT2D eigenvalue weighted by molar-refractivity contribution is 5.94. The molecule has 0 radical (unpaired) electrons. The van der Waals surface area contributed by atoms with E-state index in [9.17, 15) is 4.79 Å². The minimum absolute atomic E-state index is 0.105. The van der Waals surface area contributed by atoms with E-state index in [1.807, 2.05) is 53.4 Å². The zero-order valence-electron chi connectivity index (χ0n) is 14.8. The molecule has 2 aliphatic heterocycles. The topological polar surface area (TPSA) is 51.7 Å². The number of carbonyl (C=O) groups is 1. The van der Waals surface area contributed by atoms with Crippen molar-refractivity contribution < 1.29 is 14.3 Å². The molecule has 0 N–H and O–H groups in total. The first-order valence-electron chi connectivity index (χ1n) is 9.24. The molecule has 1 unspecified atom stereocenters. The molecule has 1 amide bonds. The summed E-state index contributed by atoms with van der Waals surface area (Å²) in [5.74, 6) is 0.112. The van der Waals surface area contributed by atoms with Crippen LogP contribution in [0.3, 0.4) is 0 Å². The van der Waals surface area contributed by atoms with E-state index in [2.05, 4.69) is 4.98 Å². The molecule has 5 nitrogen and oxygen atoms in total. The monoisotopic (exact) mass is 352 g/mol. The van der Waals surface area contributed by atoms with Crippen molar-refractivity contribution in [3.8, 4) is 0 Å². The maximum atomic E-state index is 12.6. The zero-order chi connectivity index (χ0) is 17.8. The van der Waals surface area contributed by atoms with E-state index >= 15 is 0 Å². The van der Waals surface area contributed by atoms with E-state index in [-0.39, 0.29) is 17.6 Å². The van der Waals surface area contributed by atoms with Gasteiger partial charge in [0.2, 0.25) is 0 Å². The number of likely N-dealkylation sites (tertiary alicyclic amines) is 1. The smallest absolute Gasteiger partial charge is 0.253 e. The second-order valence-electron chi connectivity index (χ2n) is 7.11. The standard InChI is InChI=1S/C21H24N2O3/c24-20(17-6-2-1-3-7-17)23-12-9-21(10-13-23)14-19(16-26-21)25-15-18-8-4-5-11-22-18/h1-8,11,19H,9-10,12-16H2. The Labute approximate surface area is 153 Å². The Balaban J connectivity index is 1.28. The third-order valence-electron chi connectivity index (χ3n) is 5.35. The van der Waals surface area contributed by atoms with Gasteiger partial charge >= 0.3 is 0 Å². The molecular weight excluding hydrogens is 328 g/mol. The maximum Gasteiger partial charge on any atom is 0.253 e. The lowest BCUT2D eigenvalue weighted by atomic mass is 9.87. The highest BCUT2D eigenvalue weighted by Gasteiger charge is 2.43. The average Bonchev–Trinajstić information content (AvgIpc) is 3.10. The molecule has 2 fully saturated rings.